The molecular weight excluding hydrogens is 290 g/mol. The van der Waals surface area contributed by atoms with Crippen LogP contribution in [0.25, 0.3) is 10.1 Å². The van der Waals surface area contributed by atoms with E-state index < -0.39 is 0 Å². The maximum absolute atomic E-state index is 12.4. The van der Waals surface area contributed by atoms with Gasteiger partial charge in [-0.25, -0.2) is 0 Å². The molecule has 2 aromatic rings. The largest absolute Gasteiger partial charge is 0.303 e. The normalized spacial score (nSPS) is 16.2. The van der Waals surface area contributed by atoms with Crippen LogP contribution >= 0.6 is 11.3 Å². The highest BCUT2D eigenvalue weighted by molar-refractivity contribution is 7.17. The monoisotopic (exact) mass is 315 g/mol. The fraction of sp³-hybridized carbons (Fsp3) is 0.526. The highest BCUT2D eigenvalue weighted by Gasteiger charge is 2.12. The summed E-state index contributed by atoms with van der Waals surface area (Å²) >= 11 is 1.68. The molecule has 0 atom stereocenters. The van der Waals surface area contributed by atoms with Gasteiger partial charge in [-0.2, -0.15) is 0 Å². The van der Waals surface area contributed by atoms with E-state index in [9.17, 15) is 4.79 Å². The Morgan fingerprint density at radius 1 is 1.05 bits per heavy atom. The van der Waals surface area contributed by atoms with Crippen molar-refractivity contribution in [2.24, 2.45) is 0 Å². The van der Waals surface area contributed by atoms with Gasteiger partial charge in [0.1, 0.15) is 0 Å². The Bertz CT molecular complexity index is 613. The summed E-state index contributed by atoms with van der Waals surface area (Å²) in [5, 5.41) is 3.16. The Balaban J connectivity index is 1.41. The molecule has 0 N–H and O–H groups in total. The Hall–Kier alpha value is -1.19. The van der Waals surface area contributed by atoms with Crippen LogP contribution in [0.1, 0.15) is 55.3 Å². The molecule has 0 spiro atoms. The van der Waals surface area contributed by atoms with E-state index in [0.29, 0.717) is 12.2 Å². The summed E-state index contributed by atoms with van der Waals surface area (Å²) in [5.41, 5.74) is 0.927. The lowest BCUT2D eigenvalue weighted by atomic mass is 10.0. The third kappa shape index (κ3) is 3.96. The highest BCUT2D eigenvalue weighted by atomic mass is 32.1. The molecule has 1 aromatic carbocycles. The van der Waals surface area contributed by atoms with Crippen LogP contribution in [0.15, 0.2) is 29.6 Å². The van der Waals surface area contributed by atoms with Crippen LogP contribution in [0, 0.1) is 0 Å². The fourth-order valence-electron chi connectivity index (χ4n) is 3.31. The molecule has 2 nitrogen and oxygen atoms in total. The maximum Gasteiger partial charge on any atom is 0.164 e. The summed E-state index contributed by atoms with van der Waals surface area (Å²) in [6, 6.07) is 8.21. The minimum atomic E-state index is 0.315. The average Bonchev–Trinajstić information content (AvgIpc) is 2.99. The number of hydrogen-bond acceptors (Lipinski definition) is 3. The van der Waals surface area contributed by atoms with E-state index in [2.05, 4.69) is 17.0 Å². The third-order valence-corrected chi connectivity index (χ3v) is 5.57. The van der Waals surface area contributed by atoms with Crippen molar-refractivity contribution < 1.29 is 4.79 Å². The van der Waals surface area contributed by atoms with Crippen LogP contribution in [0.3, 0.4) is 0 Å². The molecule has 2 heterocycles. The van der Waals surface area contributed by atoms with Crippen LogP contribution in [0.2, 0.25) is 0 Å². The minimum absolute atomic E-state index is 0.315. The van der Waals surface area contributed by atoms with Crippen molar-refractivity contribution in [1.82, 2.24) is 4.90 Å². The quantitative estimate of drug-likeness (QED) is 0.521. The summed E-state index contributed by atoms with van der Waals surface area (Å²) < 4.78 is 1.22. The van der Waals surface area contributed by atoms with E-state index in [1.54, 1.807) is 11.3 Å². The van der Waals surface area contributed by atoms with E-state index in [-0.39, 0.29) is 0 Å². The number of Topliss-reactive ketones (excluding diaryl/α,β-unsaturated/α-hetero) is 1. The lowest BCUT2D eigenvalue weighted by molar-refractivity contribution is 0.0980. The van der Waals surface area contributed by atoms with Crippen molar-refractivity contribution >= 4 is 27.2 Å². The lowest BCUT2D eigenvalue weighted by Gasteiger charge is -2.26. The number of piperidine rings is 1. The first-order chi connectivity index (χ1) is 10.8. The second kappa shape index (κ2) is 7.89. The van der Waals surface area contributed by atoms with Gasteiger partial charge in [0.25, 0.3) is 0 Å². The molecule has 118 valence electrons. The van der Waals surface area contributed by atoms with Crippen molar-refractivity contribution in [3.05, 3.63) is 35.2 Å². The number of nitrogens with zero attached hydrogens (tertiary/aromatic N) is 1. The average molecular weight is 315 g/mol. The molecule has 0 saturated carbocycles. The Kier molecular flexibility index (Phi) is 5.63. The second-order valence-electron chi connectivity index (χ2n) is 6.28. The van der Waals surface area contributed by atoms with E-state index >= 15 is 0 Å². The van der Waals surface area contributed by atoms with Gasteiger partial charge in [0.15, 0.2) is 5.78 Å². The number of hydrogen-bond donors (Lipinski definition) is 0. The number of carbonyl (C=O) groups is 1. The Morgan fingerprint density at radius 3 is 2.73 bits per heavy atom. The number of unbranched alkanes of at least 4 members (excludes halogenated alkanes) is 2. The number of benzene rings is 1. The van der Waals surface area contributed by atoms with E-state index in [1.807, 2.05) is 17.5 Å². The van der Waals surface area contributed by atoms with Crippen LogP contribution in [-0.2, 0) is 0 Å². The Morgan fingerprint density at radius 2 is 1.86 bits per heavy atom. The molecule has 3 rings (SSSR count). The lowest BCUT2D eigenvalue weighted by Crippen LogP contribution is -2.30. The standard InChI is InChI=1S/C19H25NOS/c21-18(17-15-22-19-11-5-4-9-16(17)19)10-3-1-6-12-20-13-7-2-8-14-20/h4-5,9,11,15H,1-3,6-8,10,12-14H2. The zero-order valence-corrected chi connectivity index (χ0v) is 14.0. The smallest absolute Gasteiger partial charge is 0.164 e. The molecule has 0 amide bonds. The third-order valence-electron chi connectivity index (χ3n) is 4.61. The zero-order valence-electron chi connectivity index (χ0n) is 13.2. The maximum atomic E-state index is 12.4. The SMILES string of the molecule is O=C(CCCCCN1CCCCC1)c1csc2ccccc12. The summed E-state index contributed by atoms with van der Waals surface area (Å²) in [4.78, 5) is 15.0. The van der Waals surface area contributed by atoms with Crippen molar-refractivity contribution in [1.29, 1.82) is 0 Å². The van der Waals surface area contributed by atoms with Gasteiger partial charge in [-0.05, 0) is 51.4 Å². The number of carbonyl (C=O) groups excluding carboxylic acids is 1. The molecule has 1 aliphatic heterocycles. The zero-order chi connectivity index (χ0) is 15.2. The van der Waals surface area contributed by atoms with Crippen LogP contribution < -0.4 is 0 Å². The van der Waals surface area contributed by atoms with E-state index in [0.717, 1.165) is 17.4 Å². The minimum Gasteiger partial charge on any atom is -0.303 e. The van der Waals surface area contributed by atoms with Crippen LogP contribution in [0.4, 0.5) is 0 Å². The predicted molar refractivity (Wildman–Crippen MR) is 94.9 cm³/mol. The predicted octanol–water partition coefficient (Wildman–Crippen LogP) is 5.13. The number of thiophene rings is 1. The van der Waals surface area contributed by atoms with Gasteiger partial charge in [-0.3, -0.25) is 4.79 Å². The molecule has 3 heteroatoms. The van der Waals surface area contributed by atoms with Gasteiger partial charge in [0.05, 0.1) is 0 Å². The van der Waals surface area contributed by atoms with Gasteiger partial charge >= 0.3 is 0 Å². The van der Waals surface area contributed by atoms with Gasteiger partial charge < -0.3 is 4.90 Å². The molecular formula is C19H25NOS. The van der Waals surface area contributed by atoms with Gasteiger partial charge in [0, 0.05) is 27.5 Å². The van der Waals surface area contributed by atoms with Gasteiger partial charge in [-0.15, -0.1) is 11.3 Å². The van der Waals surface area contributed by atoms with E-state index in [1.165, 1.54) is 56.4 Å². The molecule has 22 heavy (non-hydrogen) atoms. The van der Waals surface area contributed by atoms with Crippen LogP contribution in [-0.4, -0.2) is 30.3 Å². The molecule has 0 aliphatic carbocycles. The van der Waals surface area contributed by atoms with E-state index in [4.69, 9.17) is 0 Å². The molecule has 1 fully saturated rings. The van der Waals surface area contributed by atoms with Crippen LogP contribution in [0.5, 0.6) is 0 Å². The highest BCUT2D eigenvalue weighted by Crippen LogP contribution is 2.27. The number of likely N-dealkylation sites (tertiary alicyclic amines) is 1. The van der Waals surface area contributed by atoms with Crippen molar-refractivity contribution in [3.63, 3.8) is 0 Å². The van der Waals surface area contributed by atoms with Gasteiger partial charge in [-0.1, -0.05) is 31.0 Å². The molecule has 1 aliphatic rings. The first kappa shape index (κ1) is 15.7. The first-order valence-corrected chi connectivity index (χ1v) is 9.44. The molecule has 1 aromatic heterocycles. The van der Waals surface area contributed by atoms with Crippen molar-refractivity contribution in [2.45, 2.75) is 44.9 Å². The summed E-state index contributed by atoms with van der Waals surface area (Å²) in [5.74, 6) is 0.315. The summed E-state index contributed by atoms with van der Waals surface area (Å²) in [6.07, 6.45) is 8.26. The summed E-state index contributed by atoms with van der Waals surface area (Å²) in [7, 11) is 0. The second-order valence-corrected chi connectivity index (χ2v) is 7.19. The molecule has 0 bridgehead atoms. The molecule has 0 unspecified atom stereocenters. The molecule has 0 radical (unpaired) electrons. The molecule has 1 saturated heterocycles. The number of rotatable bonds is 7. The fourth-order valence-corrected chi connectivity index (χ4v) is 4.27. The first-order valence-electron chi connectivity index (χ1n) is 8.56. The van der Waals surface area contributed by atoms with Crippen molar-refractivity contribution in [2.75, 3.05) is 19.6 Å². The number of ketones is 1. The number of fused-ring (bicyclic) bond motifs is 1. The topological polar surface area (TPSA) is 20.3 Å². The summed E-state index contributed by atoms with van der Waals surface area (Å²) in [6.45, 7) is 3.77. The van der Waals surface area contributed by atoms with Gasteiger partial charge in [0.2, 0.25) is 0 Å². The Labute approximate surface area is 137 Å². The van der Waals surface area contributed by atoms with Crippen molar-refractivity contribution in [3.8, 4) is 0 Å².